The molecule has 2 rings (SSSR count). The molecule has 0 unspecified atom stereocenters. The second kappa shape index (κ2) is 5.68. The largest absolute Gasteiger partial charge is 0.495 e. The summed E-state index contributed by atoms with van der Waals surface area (Å²) in [6.45, 7) is 1.89. The second-order valence-electron chi connectivity index (χ2n) is 4.12. The molecule has 2 aromatic rings. The smallest absolute Gasteiger partial charge is 0.265 e. The van der Waals surface area contributed by atoms with Crippen LogP contribution in [0.1, 0.15) is 5.56 Å². The van der Waals surface area contributed by atoms with Gasteiger partial charge in [0, 0.05) is 12.4 Å². The number of methoxy groups -OCH3 is 1. The van der Waals surface area contributed by atoms with Gasteiger partial charge in [0.25, 0.3) is 10.0 Å². The Morgan fingerprint density at radius 3 is 2.70 bits per heavy atom. The van der Waals surface area contributed by atoms with E-state index in [4.69, 9.17) is 16.3 Å². The van der Waals surface area contributed by atoms with Crippen LogP contribution in [-0.4, -0.2) is 20.5 Å². The monoisotopic (exact) mass is 312 g/mol. The van der Waals surface area contributed by atoms with Crippen LogP contribution in [0.2, 0.25) is 5.02 Å². The van der Waals surface area contributed by atoms with E-state index in [0.29, 0.717) is 11.4 Å². The normalized spacial score (nSPS) is 11.2. The number of pyridine rings is 1. The summed E-state index contributed by atoms with van der Waals surface area (Å²) in [7, 11) is -2.34. The Morgan fingerprint density at radius 2 is 2.05 bits per heavy atom. The number of hydrogen-bond acceptors (Lipinski definition) is 4. The first-order valence-corrected chi connectivity index (χ1v) is 7.57. The minimum Gasteiger partial charge on any atom is -0.495 e. The molecule has 0 spiro atoms. The van der Waals surface area contributed by atoms with E-state index in [-0.39, 0.29) is 9.92 Å². The topological polar surface area (TPSA) is 68.3 Å². The third-order valence-corrected chi connectivity index (χ3v) is 4.46. The second-order valence-corrected chi connectivity index (χ2v) is 6.17. The average Bonchev–Trinajstić information content (AvgIpc) is 2.41. The maximum atomic E-state index is 12.3. The highest BCUT2D eigenvalue weighted by Gasteiger charge is 2.19. The summed E-state index contributed by atoms with van der Waals surface area (Å²) in [6.07, 6.45) is 2.62. The average molecular weight is 313 g/mol. The Kier molecular flexibility index (Phi) is 4.15. The Balaban J connectivity index is 2.41. The van der Waals surface area contributed by atoms with Gasteiger partial charge in [-0.25, -0.2) is 8.42 Å². The van der Waals surface area contributed by atoms with Crippen LogP contribution in [0.25, 0.3) is 0 Å². The molecular formula is C13H13ClN2O3S. The number of hydrogen-bond donors (Lipinski definition) is 1. The summed E-state index contributed by atoms with van der Waals surface area (Å²) in [5.74, 6) is 0.439. The first-order valence-electron chi connectivity index (χ1n) is 5.71. The van der Waals surface area contributed by atoms with Crippen LogP contribution in [0, 0.1) is 6.92 Å². The summed E-state index contributed by atoms with van der Waals surface area (Å²) in [4.78, 5) is 3.70. The van der Waals surface area contributed by atoms with Crippen molar-refractivity contribution in [2.75, 3.05) is 11.8 Å². The van der Waals surface area contributed by atoms with Gasteiger partial charge in [0.1, 0.15) is 10.6 Å². The molecule has 0 aliphatic rings. The predicted molar refractivity (Wildman–Crippen MR) is 77.8 cm³/mol. The van der Waals surface area contributed by atoms with E-state index in [1.807, 2.05) is 6.92 Å². The van der Waals surface area contributed by atoms with Gasteiger partial charge in [-0.05, 0) is 30.7 Å². The zero-order valence-corrected chi connectivity index (χ0v) is 12.5. The number of rotatable bonds is 4. The lowest BCUT2D eigenvalue weighted by Gasteiger charge is -2.12. The molecule has 0 radical (unpaired) electrons. The van der Waals surface area contributed by atoms with Crippen molar-refractivity contribution in [3.05, 3.63) is 47.2 Å². The number of aryl methyl sites for hydroxylation is 1. The van der Waals surface area contributed by atoms with Crippen molar-refractivity contribution in [1.82, 2.24) is 4.98 Å². The number of halogens is 1. The molecule has 0 aliphatic carbocycles. The molecule has 1 heterocycles. The van der Waals surface area contributed by atoms with Crippen LogP contribution < -0.4 is 9.46 Å². The Morgan fingerprint density at radius 1 is 1.30 bits per heavy atom. The number of aromatic nitrogens is 1. The molecule has 1 N–H and O–H groups in total. The standard InChI is InChI=1S/C13H13ClN2O3S/c1-9-3-4-11(12(7-9)19-2)16-20(17,18)13-8-15-6-5-10(13)14/h3-8,16H,1-2H3. The van der Waals surface area contributed by atoms with Crippen molar-refractivity contribution >= 4 is 27.3 Å². The molecule has 0 saturated heterocycles. The summed E-state index contributed by atoms with van der Waals surface area (Å²) in [6, 6.07) is 6.58. The van der Waals surface area contributed by atoms with Gasteiger partial charge in [0.05, 0.1) is 17.8 Å². The molecule has 5 nitrogen and oxygen atoms in total. The van der Waals surface area contributed by atoms with Gasteiger partial charge in [0.15, 0.2) is 0 Å². The van der Waals surface area contributed by atoms with Crippen LogP contribution in [0.3, 0.4) is 0 Å². The molecule has 1 aromatic heterocycles. The molecule has 20 heavy (non-hydrogen) atoms. The van der Waals surface area contributed by atoms with Crippen molar-refractivity contribution in [2.45, 2.75) is 11.8 Å². The van der Waals surface area contributed by atoms with Crippen molar-refractivity contribution in [1.29, 1.82) is 0 Å². The van der Waals surface area contributed by atoms with Crippen LogP contribution in [0.4, 0.5) is 5.69 Å². The quantitative estimate of drug-likeness (QED) is 0.942. The van der Waals surface area contributed by atoms with E-state index in [1.165, 1.54) is 25.6 Å². The van der Waals surface area contributed by atoms with Gasteiger partial charge in [-0.15, -0.1) is 0 Å². The Hall–Kier alpha value is -1.79. The van der Waals surface area contributed by atoms with Crippen LogP contribution in [-0.2, 0) is 10.0 Å². The van der Waals surface area contributed by atoms with Gasteiger partial charge in [-0.1, -0.05) is 17.7 Å². The first kappa shape index (κ1) is 14.6. The Bertz CT molecular complexity index is 732. The predicted octanol–water partition coefficient (Wildman–Crippen LogP) is 2.85. The van der Waals surface area contributed by atoms with E-state index in [9.17, 15) is 8.42 Å². The highest BCUT2D eigenvalue weighted by atomic mass is 35.5. The van der Waals surface area contributed by atoms with E-state index >= 15 is 0 Å². The highest BCUT2D eigenvalue weighted by molar-refractivity contribution is 7.92. The zero-order valence-electron chi connectivity index (χ0n) is 10.9. The van der Waals surface area contributed by atoms with Crippen molar-refractivity contribution in [2.24, 2.45) is 0 Å². The van der Waals surface area contributed by atoms with Crippen molar-refractivity contribution in [3.63, 3.8) is 0 Å². The van der Waals surface area contributed by atoms with E-state index in [0.717, 1.165) is 5.56 Å². The molecule has 0 fully saturated rings. The highest BCUT2D eigenvalue weighted by Crippen LogP contribution is 2.29. The molecule has 7 heteroatoms. The summed E-state index contributed by atoms with van der Waals surface area (Å²) in [5.41, 5.74) is 1.31. The molecule has 0 aliphatic heterocycles. The lowest BCUT2D eigenvalue weighted by atomic mass is 10.2. The lowest BCUT2D eigenvalue weighted by molar-refractivity contribution is 0.416. The van der Waals surface area contributed by atoms with Crippen LogP contribution in [0.15, 0.2) is 41.6 Å². The SMILES string of the molecule is COc1cc(C)ccc1NS(=O)(=O)c1cnccc1Cl. The maximum absolute atomic E-state index is 12.3. The third kappa shape index (κ3) is 3.02. The van der Waals surface area contributed by atoms with E-state index < -0.39 is 10.0 Å². The summed E-state index contributed by atoms with van der Waals surface area (Å²) < 4.78 is 32.2. The number of ether oxygens (including phenoxy) is 1. The molecule has 0 atom stereocenters. The van der Waals surface area contributed by atoms with Gasteiger partial charge >= 0.3 is 0 Å². The van der Waals surface area contributed by atoms with Gasteiger partial charge in [-0.3, -0.25) is 9.71 Å². The van der Waals surface area contributed by atoms with Crippen LogP contribution in [0.5, 0.6) is 5.75 Å². The number of sulfonamides is 1. The molecular weight excluding hydrogens is 300 g/mol. The first-order chi connectivity index (χ1) is 9.44. The third-order valence-electron chi connectivity index (χ3n) is 2.62. The number of anilines is 1. The molecule has 0 saturated carbocycles. The minimum atomic E-state index is -3.81. The Labute approximate surface area is 122 Å². The fourth-order valence-electron chi connectivity index (χ4n) is 1.64. The fraction of sp³-hybridized carbons (Fsp3) is 0.154. The molecule has 0 bridgehead atoms. The number of nitrogens with zero attached hydrogens (tertiary/aromatic N) is 1. The summed E-state index contributed by atoms with van der Waals surface area (Å²) in [5, 5.41) is 0.110. The fourth-order valence-corrected chi connectivity index (χ4v) is 3.15. The zero-order chi connectivity index (χ0) is 14.8. The van der Waals surface area contributed by atoms with Crippen molar-refractivity contribution in [3.8, 4) is 5.75 Å². The lowest BCUT2D eigenvalue weighted by Crippen LogP contribution is -2.14. The van der Waals surface area contributed by atoms with E-state index in [1.54, 1.807) is 18.2 Å². The van der Waals surface area contributed by atoms with Crippen LogP contribution >= 0.6 is 11.6 Å². The van der Waals surface area contributed by atoms with E-state index in [2.05, 4.69) is 9.71 Å². The molecule has 0 amide bonds. The van der Waals surface area contributed by atoms with Gasteiger partial charge < -0.3 is 4.74 Å². The van der Waals surface area contributed by atoms with Crippen molar-refractivity contribution < 1.29 is 13.2 Å². The molecule has 1 aromatic carbocycles. The number of benzene rings is 1. The van der Waals surface area contributed by atoms with Gasteiger partial charge in [-0.2, -0.15) is 0 Å². The molecule has 106 valence electrons. The summed E-state index contributed by atoms with van der Waals surface area (Å²) >= 11 is 5.88. The van der Waals surface area contributed by atoms with Gasteiger partial charge in [0.2, 0.25) is 0 Å². The number of nitrogens with one attached hydrogen (secondary N) is 1. The maximum Gasteiger partial charge on any atom is 0.265 e. The minimum absolute atomic E-state index is 0.0794.